The Hall–Kier alpha value is -1.37. The Morgan fingerprint density at radius 2 is 2.17 bits per heavy atom. The first-order valence-corrected chi connectivity index (χ1v) is 5.78. The van der Waals surface area contributed by atoms with Gasteiger partial charge >= 0.3 is 6.18 Å². The normalized spacial score (nSPS) is 24.2. The van der Waals surface area contributed by atoms with Crippen molar-refractivity contribution in [2.75, 3.05) is 11.9 Å². The molecule has 4 nitrogen and oxygen atoms in total. The lowest BCUT2D eigenvalue weighted by Crippen LogP contribution is -2.27. The Balaban J connectivity index is 2.10. The molecule has 0 aliphatic heterocycles. The number of aliphatic hydroxyl groups excluding tert-OH is 1. The van der Waals surface area contributed by atoms with Gasteiger partial charge in [-0.05, 0) is 18.9 Å². The van der Waals surface area contributed by atoms with Gasteiger partial charge in [-0.3, -0.25) is 0 Å². The lowest BCUT2D eigenvalue weighted by molar-refractivity contribution is -0.141. The maximum atomic E-state index is 12.5. The monoisotopic (exact) mass is 261 g/mol. The fraction of sp³-hybridized carbons (Fsp3) is 0.636. The summed E-state index contributed by atoms with van der Waals surface area (Å²) in [4.78, 5) is 7.23. The molecule has 7 heteroatoms. The number of hydrogen-bond donors (Lipinski definition) is 2. The maximum absolute atomic E-state index is 12.5. The first kappa shape index (κ1) is 13.1. The molecular formula is C11H14F3N3O. The van der Waals surface area contributed by atoms with E-state index >= 15 is 0 Å². The summed E-state index contributed by atoms with van der Waals surface area (Å²) >= 11 is 0. The Kier molecular flexibility index (Phi) is 3.70. The average molecular weight is 261 g/mol. The van der Waals surface area contributed by atoms with Gasteiger partial charge in [-0.25, -0.2) is 9.97 Å². The summed E-state index contributed by atoms with van der Waals surface area (Å²) in [5, 5.41) is 12.0. The van der Waals surface area contributed by atoms with Crippen LogP contribution in [-0.4, -0.2) is 27.7 Å². The first-order chi connectivity index (χ1) is 8.50. The number of halogens is 3. The zero-order chi connectivity index (χ0) is 13.2. The summed E-state index contributed by atoms with van der Waals surface area (Å²) in [7, 11) is 0. The second-order valence-corrected chi connectivity index (χ2v) is 4.39. The van der Waals surface area contributed by atoms with E-state index in [2.05, 4.69) is 15.3 Å². The smallest absolute Gasteiger partial charge is 0.396 e. The minimum absolute atomic E-state index is 0.0244. The standard InChI is InChI=1S/C11H14F3N3O/c12-11(13,14)9-4-5-15-10(17-9)16-8-3-1-2-7(8)6-18/h4-5,7-8,18H,1-3,6H2,(H,15,16,17). The summed E-state index contributed by atoms with van der Waals surface area (Å²) in [6.45, 7) is 0.0244. The molecule has 2 atom stereocenters. The van der Waals surface area contributed by atoms with Gasteiger partial charge in [-0.15, -0.1) is 0 Å². The number of aliphatic hydroxyl groups is 1. The molecule has 1 aliphatic rings. The van der Waals surface area contributed by atoms with Crippen LogP contribution >= 0.6 is 0 Å². The van der Waals surface area contributed by atoms with Crippen molar-refractivity contribution < 1.29 is 18.3 Å². The molecule has 0 radical (unpaired) electrons. The van der Waals surface area contributed by atoms with Gasteiger partial charge in [0, 0.05) is 24.8 Å². The van der Waals surface area contributed by atoms with E-state index in [1.165, 1.54) is 0 Å². The largest absolute Gasteiger partial charge is 0.433 e. The highest BCUT2D eigenvalue weighted by molar-refractivity contribution is 5.28. The van der Waals surface area contributed by atoms with Crippen molar-refractivity contribution in [1.82, 2.24) is 9.97 Å². The van der Waals surface area contributed by atoms with Gasteiger partial charge in [0.1, 0.15) is 5.69 Å². The SMILES string of the molecule is OCC1CCCC1Nc1nccc(C(F)(F)F)n1. The zero-order valence-corrected chi connectivity index (χ0v) is 9.61. The topological polar surface area (TPSA) is 58.0 Å². The molecule has 1 aromatic rings. The maximum Gasteiger partial charge on any atom is 0.433 e. The number of hydrogen-bond acceptors (Lipinski definition) is 4. The fourth-order valence-electron chi connectivity index (χ4n) is 2.20. The second kappa shape index (κ2) is 5.09. The Morgan fingerprint density at radius 1 is 1.39 bits per heavy atom. The fourth-order valence-corrected chi connectivity index (χ4v) is 2.20. The van der Waals surface area contributed by atoms with E-state index < -0.39 is 11.9 Å². The van der Waals surface area contributed by atoms with Crippen molar-refractivity contribution in [2.45, 2.75) is 31.5 Å². The van der Waals surface area contributed by atoms with Crippen molar-refractivity contribution in [2.24, 2.45) is 5.92 Å². The first-order valence-electron chi connectivity index (χ1n) is 5.78. The van der Waals surface area contributed by atoms with Gasteiger partial charge < -0.3 is 10.4 Å². The molecular weight excluding hydrogens is 247 g/mol. The average Bonchev–Trinajstić information content (AvgIpc) is 2.75. The van der Waals surface area contributed by atoms with Crippen molar-refractivity contribution in [3.05, 3.63) is 18.0 Å². The van der Waals surface area contributed by atoms with Gasteiger partial charge in [-0.1, -0.05) is 6.42 Å². The van der Waals surface area contributed by atoms with E-state index in [0.29, 0.717) is 0 Å². The van der Waals surface area contributed by atoms with Crippen molar-refractivity contribution in [1.29, 1.82) is 0 Å². The number of anilines is 1. The third-order valence-electron chi connectivity index (χ3n) is 3.15. The molecule has 1 aliphatic carbocycles. The summed E-state index contributed by atoms with van der Waals surface area (Å²) < 4.78 is 37.4. The quantitative estimate of drug-likeness (QED) is 0.874. The molecule has 2 rings (SSSR count). The van der Waals surface area contributed by atoms with Crippen LogP contribution in [0.25, 0.3) is 0 Å². The molecule has 0 spiro atoms. The molecule has 1 heterocycles. The van der Waals surface area contributed by atoms with E-state index in [0.717, 1.165) is 31.5 Å². The van der Waals surface area contributed by atoms with E-state index in [1.807, 2.05) is 0 Å². The molecule has 1 fully saturated rings. The van der Waals surface area contributed by atoms with E-state index in [4.69, 9.17) is 5.11 Å². The summed E-state index contributed by atoms with van der Waals surface area (Å²) in [6, 6.07) is 0.780. The number of aromatic nitrogens is 2. The number of rotatable bonds is 3. The molecule has 1 aromatic heterocycles. The van der Waals surface area contributed by atoms with Gasteiger partial charge in [0.2, 0.25) is 5.95 Å². The second-order valence-electron chi connectivity index (χ2n) is 4.39. The lowest BCUT2D eigenvalue weighted by atomic mass is 10.1. The van der Waals surface area contributed by atoms with Crippen molar-refractivity contribution in [3.63, 3.8) is 0 Å². The van der Waals surface area contributed by atoms with E-state index in [-0.39, 0.29) is 24.5 Å². The predicted molar refractivity (Wildman–Crippen MR) is 58.9 cm³/mol. The van der Waals surface area contributed by atoms with Crippen LogP contribution in [0.15, 0.2) is 12.3 Å². The van der Waals surface area contributed by atoms with Crippen LogP contribution in [0.1, 0.15) is 25.0 Å². The van der Waals surface area contributed by atoms with Crippen LogP contribution in [0.2, 0.25) is 0 Å². The predicted octanol–water partition coefficient (Wildman–Crippen LogP) is 2.07. The summed E-state index contributed by atoms with van der Waals surface area (Å²) in [5.41, 5.74) is -0.960. The lowest BCUT2D eigenvalue weighted by Gasteiger charge is -2.19. The van der Waals surface area contributed by atoms with E-state index in [1.54, 1.807) is 0 Å². The van der Waals surface area contributed by atoms with Gasteiger partial charge in [0.05, 0.1) is 0 Å². The van der Waals surface area contributed by atoms with Gasteiger partial charge in [-0.2, -0.15) is 13.2 Å². The molecule has 1 saturated carbocycles. The minimum Gasteiger partial charge on any atom is -0.396 e. The highest BCUT2D eigenvalue weighted by Gasteiger charge is 2.33. The van der Waals surface area contributed by atoms with Crippen LogP contribution in [0, 0.1) is 5.92 Å². The minimum atomic E-state index is -4.47. The Bertz CT molecular complexity index is 411. The van der Waals surface area contributed by atoms with Crippen molar-refractivity contribution >= 4 is 5.95 Å². The van der Waals surface area contributed by atoms with Crippen LogP contribution < -0.4 is 5.32 Å². The molecule has 2 unspecified atom stereocenters. The van der Waals surface area contributed by atoms with Gasteiger partial charge in [0.15, 0.2) is 0 Å². The van der Waals surface area contributed by atoms with Crippen LogP contribution in [-0.2, 0) is 6.18 Å². The molecule has 100 valence electrons. The summed E-state index contributed by atoms with van der Waals surface area (Å²) in [6.07, 6.45) is -0.758. The number of alkyl halides is 3. The van der Waals surface area contributed by atoms with Gasteiger partial charge in [0.25, 0.3) is 0 Å². The number of nitrogens with one attached hydrogen (secondary N) is 1. The van der Waals surface area contributed by atoms with Crippen LogP contribution in [0.4, 0.5) is 19.1 Å². The number of nitrogens with zero attached hydrogens (tertiary/aromatic N) is 2. The molecule has 0 saturated heterocycles. The molecule has 0 bridgehead atoms. The Labute approximate surface area is 102 Å². The molecule has 0 amide bonds. The highest BCUT2D eigenvalue weighted by atomic mass is 19.4. The molecule has 0 aromatic carbocycles. The summed E-state index contributed by atoms with van der Waals surface area (Å²) in [5.74, 6) is 0.0262. The van der Waals surface area contributed by atoms with Crippen LogP contribution in [0.5, 0.6) is 0 Å². The molecule has 18 heavy (non-hydrogen) atoms. The molecule has 2 N–H and O–H groups in total. The zero-order valence-electron chi connectivity index (χ0n) is 9.61. The van der Waals surface area contributed by atoms with E-state index in [9.17, 15) is 13.2 Å². The van der Waals surface area contributed by atoms with Crippen molar-refractivity contribution in [3.8, 4) is 0 Å². The highest BCUT2D eigenvalue weighted by Crippen LogP contribution is 2.29. The van der Waals surface area contributed by atoms with Crippen LogP contribution in [0.3, 0.4) is 0 Å². The Morgan fingerprint density at radius 3 is 2.83 bits per heavy atom. The third kappa shape index (κ3) is 2.90. The third-order valence-corrected chi connectivity index (χ3v) is 3.15.